The van der Waals surface area contributed by atoms with E-state index < -0.39 is 0 Å². The Morgan fingerprint density at radius 1 is 1.29 bits per heavy atom. The molecule has 0 fully saturated rings. The van der Waals surface area contributed by atoms with Crippen molar-refractivity contribution >= 4 is 38.2 Å². The highest BCUT2D eigenvalue weighted by Crippen LogP contribution is 2.33. The summed E-state index contributed by atoms with van der Waals surface area (Å²) >= 11 is 5.40. The second-order valence-corrected chi connectivity index (χ2v) is 6.81. The SMILES string of the molecule is CCNC(c1cc(C)c2ccccc2n1)c1sccc1Br. The molecule has 0 aliphatic carbocycles. The van der Waals surface area contributed by atoms with Crippen LogP contribution in [-0.2, 0) is 0 Å². The topological polar surface area (TPSA) is 24.9 Å². The fourth-order valence-corrected chi connectivity index (χ4v) is 4.26. The second kappa shape index (κ2) is 6.26. The van der Waals surface area contributed by atoms with Crippen LogP contribution in [0.5, 0.6) is 0 Å². The van der Waals surface area contributed by atoms with Gasteiger partial charge in [-0.15, -0.1) is 11.3 Å². The first-order valence-electron chi connectivity index (χ1n) is 7.03. The van der Waals surface area contributed by atoms with Crippen molar-refractivity contribution in [3.63, 3.8) is 0 Å². The van der Waals surface area contributed by atoms with Crippen LogP contribution in [0.25, 0.3) is 10.9 Å². The summed E-state index contributed by atoms with van der Waals surface area (Å²) in [6.07, 6.45) is 0. The number of rotatable bonds is 4. The summed E-state index contributed by atoms with van der Waals surface area (Å²) in [7, 11) is 0. The van der Waals surface area contributed by atoms with Crippen LogP contribution < -0.4 is 5.32 Å². The zero-order chi connectivity index (χ0) is 14.8. The molecule has 3 aromatic rings. The molecule has 1 atom stereocenters. The highest BCUT2D eigenvalue weighted by molar-refractivity contribution is 9.10. The maximum absolute atomic E-state index is 4.88. The third kappa shape index (κ3) is 2.89. The number of aromatic nitrogens is 1. The lowest BCUT2D eigenvalue weighted by molar-refractivity contribution is 0.624. The first kappa shape index (κ1) is 14.7. The fourth-order valence-electron chi connectivity index (χ4n) is 2.57. The van der Waals surface area contributed by atoms with Crippen LogP contribution in [0.2, 0.25) is 0 Å². The van der Waals surface area contributed by atoms with Crippen LogP contribution in [0.1, 0.15) is 29.1 Å². The normalized spacial score (nSPS) is 12.7. The molecule has 1 N–H and O–H groups in total. The maximum Gasteiger partial charge on any atom is 0.0856 e. The first-order chi connectivity index (χ1) is 10.2. The van der Waals surface area contributed by atoms with E-state index >= 15 is 0 Å². The Morgan fingerprint density at radius 2 is 2.10 bits per heavy atom. The minimum absolute atomic E-state index is 0.132. The lowest BCUT2D eigenvalue weighted by Gasteiger charge is -2.18. The Balaban J connectivity index is 2.14. The zero-order valence-corrected chi connectivity index (χ0v) is 14.5. The van der Waals surface area contributed by atoms with Gasteiger partial charge in [0.2, 0.25) is 0 Å². The van der Waals surface area contributed by atoms with Crippen molar-refractivity contribution in [3.8, 4) is 0 Å². The summed E-state index contributed by atoms with van der Waals surface area (Å²) in [4.78, 5) is 6.15. The average Bonchev–Trinajstić information content (AvgIpc) is 2.91. The average molecular weight is 361 g/mol. The maximum atomic E-state index is 4.88. The Bertz CT molecular complexity index is 766. The molecule has 3 rings (SSSR count). The molecule has 0 radical (unpaired) electrons. The molecule has 4 heteroatoms. The molecule has 0 saturated heterocycles. The van der Waals surface area contributed by atoms with Gasteiger partial charge in [-0.3, -0.25) is 4.98 Å². The van der Waals surface area contributed by atoms with Gasteiger partial charge in [0.05, 0.1) is 17.3 Å². The van der Waals surface area contributed by atoms with Gasteiger partial charge in [0.15, 0.2) is 0 Å². The van der Waals surface area contributed by atoms with Crippen LogP contribution in [0.4, 0.5) is 0 Å². The van der Waals surface area contributed by atoms with E-state index in [1.54, 1.807) is 11.3 Å². The van der Waals surface area contributed by atoms with E-state index in [1.807, 2.05) is 6.07 Å². The number of pyridine rings is 1. The van der Waals surface area contributed by atoms with Gasteiger partial charge in [0, 0.05) is 14.7 Å². The van der Waals surface area contributed by atoms with Crippen molar-refractivity contribution < 1.29 is 0 Å². The fraction of sp³-hybridized carbons (Fsp3) is 0.235. The number of hydrogen-bond donors (Lipinski definition) is 1. The monoisotopic (exact) mass is 360 g/mol. The third-order valence-corrected chi connectivity index (χ3v) is 5.49. The summed E-state index contributed by atoms with van der Waals surface area (Å²) in [5.74, 6) is 0. The van der Waals surface area contributed by atoms with Crippen LogP contribution in [0, 0.1) is 6.92 Å². The van der Waals surface area contributed by atoms with E-state index in [0.717, 1.165) is 22.2 Å². The smallest absolute Gasteiger partial charge is 0.0856 e. The molecule has 2 aromatic heterocycles. The molecule has 0 spiro atoms. The second-order valence-electron chi connectivity index (χ2n) is 5.00. The van der Waals surface area contributed by atoms with Crippen molar-refractivity contribution in [3.05, 3.63) is 62.4 Å². The van der Waals surface area contributed by atoms with Crippen molar-refractivity contribution in [2.75, 3.05) is 6.54 Å². The van der Waals surface area contributed by atoms with Crippen molar-refractivity contribution in [1.82, 2.24) is 10.3 Å². The van der Waals surface area contributed by atoms with Crippen molar-refractivity contribution in [1.29, 1.82) is 0 Å². The summed E-state index contributed by atoms with van der Waals surface area (Å²) in [5.41, 5.74) is 3.41. The van der Waals surface area contributed by atoms with Gasteiger partial charge in [-0.2, -0.15) is 0 Å². The number of benzene rings is 1. The molecule has 0 aliphatic heterocycles. The summed E-state index contributed by atoms with van der Waals surface area (Å²) < 4.78 is 1.14. The van der Waals surface area contributed by atoms with E-state index in [4.69, 9.17) is 4.98 Å². The molecule has 0 saturated carbocycles. The predicted octanol–water partition coefficient (Wildman–Crippen LogP) is 5.07. The minimum atomic E-state index is 0.132. The molecule has 21 heavy (non-hydrogen) atoms. The number of fused-ring (bicyclic) bond motifs is 1. The number of thiophene rings is 1. The van der Waals surface area contributed by atoms with E-state index in [0.29, 0.717) is 0 Å². The largest absolute Gasteiger partial charge is 0.305 e. The molecule has 108 valence electrons. The zero-order valence-electron chi connectivity index (χ0n) is 12.1. The van der Waals surface area contributed by atoms with Crippen LogP contribution in [0.15, 0.2) is 46.3 Å². The van der Waals surface area contributed by atoms with Gasteiger partial charge in [0.25, 0.3) is 0 Å². The highest BCUT2D eigenvalue weighted by Gasteiger charge is 2.19. The van der Waals surface area contributed by atoms with E-state index in [1.165, 1.54) is 15.8 Å². The minimum Gasteiger partial charge on any atom is -0.305 e. The molecule has 0 amide bonds. The quantitative estimate of drug-likeness (QED) is 0.702. The van der Waals surface area contributed by atoms with Crippen molar-refractivity contribution in [2.45, 2.75) is 19.9 Å². The van der Waals surface area contributed by atoms with Gasteiger partial charge in [-0.05, 0) is 58.5 Å². The van der Waals surface area contributed by atoms with Crippen LogP contribution in [-0.4, -0.2) is 11.5 Å². The lowest BCUT2D eigenvalue weighted by Crippen LogP contribution is -2.22. The number of aryl methyl sites for hydroxylation is 1. The van der Waals surface area contributed by atoms with E-state index in [-0.39, 0.29) is 6.04 Å². The van der Waals surface area contributed by atoms with Gasteiger partial charge in [0.1, 0.15) is 0 Å². The summed E-state index contributed by atoms with van der Waals surface area (Å²) in [6, 6.07) is 12.7. The number of hydrogen-bond acceptors (Lipinski definition) is 3. The summed E-state index contributed by atoms with van der Waals surface area (Å²) in [6.45, 7) is 5.19. The lowest BCUT2D eigenvalue weighted by atomic mass is 10.0. The molecular weight excluding hydrogens is 344 g/mol. The van der Waals surface area contributed by atoms with Crippen LogP contribution >= 0.6 is 27.3 Å². The Labute approximate surface area is 137 Å². The van der Waals surface area contributed by atoms with E-state index in [9.17, 15) is 0 Å². The van der Waals surface area contributed by atoms with E-state index in [2.05, 4.69) is 70.8 Å². The summed E-state index contributed by atoms with van der Waals surface area (Å²) in [5, 5.41) is 6.88. The molecule has 0 bridgehead atoms. The number of nitrogens with one attached hydrogen (secondary N) is 1. The molecule has 2 nitrogen and oxygen atoms in total. The Kier molecular flexibility index (Phi) is 4.38. The third-order valence-electron chi connectivity index (χ3n) is 3.55. The standard InChI is InChI=1S/C17H17BrN2S/c1-3-19-16(17-13(18)8-9-21-17)15-10-11(2)12-6-4-5-7-14(12)20-15/h4-10,16,19H,3H2,1-2H3. The Hall–Kier alpha value is -1.23. The Morgan fingerprint density at radius 3 is 2.81 bits per heavy atom. The first-order valence-corrected chi connectivity index (χ1v) is 8.70. The van der Waals surface area contributed by atoms with Gasteiger partial charge in [-0.25, -0.2) is 0 Å². The molecule has 2 heterocycles. The highest BCUT2D eigenvalue weighted by atomic mass is 79.9. The molecule has 0 aliphatic rings. The molecule has 1 unspecified atom stereocenters. The number of nitrogens with zero attached hydrogens (tertiary/aromatic N) is 1. The van der Waals surface area contributed by atoms with Gasteiger partial charge < -0.3 is 5.32 Å². The van der Waals surface area contributed by atoms with Gasteiger partial charge in [-0.1, -0.05) is 25.1 Å². The number of halogens is 1. The van der Waals surface area contributed by atoms with Crippen molar-refractivity contribution in [2.24, 2.45) is 0 Å². The van der Waals surface area contributed by atoms with Crippen LogP contribution in [0.3, 0.4) is 0 Å². The molecular formula is C17H17BrN2S. The predicted molar refractivity (Wildman–Crippen MR) is 94.0 cm³/mol. The number of para-hydroxylation sites is 1. The molecule has 1 aromatic carbocycles. The van der Waals surface area contributed by atoms with Gasteiger partial charge >= 0.3 is 0 Å².